The molecule has 0 aliphatic rings. The summed E-state index contributed by atoms with van der Waals surface area (Å²) >= 11 is 0. The quantitative estimate of drug-likeness (QED) is 0.240. The van der Waals surface area contributed by atoms with Gasteiger partial charge in [-0.05, 0) is 13.3 Å². The maximum absolute atomic E-state index is 12.0. The van der Waals surface area contributed by atoms with E-state index in [0.717, 1.165) is 24.2 Å². The van der Waals surface area contributed by atoms with Gasteiger partial charge in [0.2, 0.25) is 0 Å². The zero-order chi connectivity index (χ0) is 20.7. The molecule has 0 atom stereocenters. The first-order valence-electron chi connectivity index (χ1n) is 11.0. The average molecular weight is 342 g/mol. The molecule has 0 aromatic heterocycles. The van der Waals surface area contributed by atoms with E-state index >= 15 is 0 Å². The first kappa shape index (κ1) is 17.6. The predicted molar refractivity (Wildman–Crippen MR) is 102 cm³/mol. The summed E-state index contributed by atoms with van der Waals surface area (Å²) in [5.74, 6) is -0.763. The van der Waals surface area contributed by atoms with E-state index in [4.69, 9.17) is 9.52 Å². The third-order valence-corrected chi connectivity index (χ3v) is 4.13. The number of nitrogens with one attached hydrogen (secondary N) is 1. The number of likely N-dealkylation sites (N-methyl/N-ethyl adjacent to an activating group) is 1. The molecule has 0 spiro atoms. The van der Waals surface area contributed by atoms with Crippen LogP contribution in [0.4, 0.5) is 0 Å². The molecule has 0 aromatic carbocycles. The van der Waals surface area contributed by atoms with Gasteiger partial charge in [-0.15, -0.1) is 0 Å². The van der Waals surface area contributed by atoms with Crippen molar-refractivity contribution >= 4 is 17.4 Å². The lowest BCUT2D eigenvalue weighted by atomic mass is 10.0. The van der Waals surface area contributed by atoms with E-state index in [1.807, 2.05) is 0 Å². The molecule has 4 nitrogen and oxygen atoms in total. The van der Waals surface area contributed by atoms with Gasteiger partial charge in [-0.1, -0.05) is 71.1 Å². The number of nitrogens with zero attached hydrogens (tertiary/aromatic N) is 1. The largest absolute Gasteiger partial charge is 0.356 e. The lowest BCUT2D eigenvalue weighted by molar-refractivity contribution is -0.119. The van der Waals surface area contributed by atoms with Gasteiger partial charge in [-0.3, -0.25) is 15.0 Å². The number of carbonyl (C=O) groups is 2. The summed E-state index contributed by atoms with van der Waals surface area (Å²) in [6.45, 7) is 0.572. The van der Waals surface area contributed by atoms with E-state index < -0.39 is 6.98 Å². The average Bonchev–Trinajstić information content (AvgIpc) is 2.56. The second kappa shape index (κ2) is 15.3. The Morgan fingerprint density at radius 2 is 1.42 bits per heavy atom. The van der Waals surface area contributed by atoms with Crippen molar-refractivity contribution in [2.75, 3.05) is 13.5 Å². The Morgan fingerprint density at radius 3 is 1.88 bits per heavy atom. The minimum Gasteiger partial charge on any atom is -0.356 e. The Bertz CT molecular complexity index is 451. The third kappa shape index (κ3) is 14.4. The number of hydrogen-bond acceptors (Lipinski definition) is 3. The molecule has 0 fully saturated rings. The molecule has 0 radical (unpaired) electrons. The van der Waals surface area contributed by atoms with Crippen molar-refractivity contribution in [1.29, 1.82) is 5.41 Å². The summed E-state index contributed by atoms with van der Waals surface area (Å²) in [4.78, 5) is 23.9. The van der Waals surface area contributed by atoms with Crippen LogP contribution in [0.15, 0.2) is 0 Å². The van der Waals surface area contributed by atoms with Gasteiger partial charge in [0.05, 0.1) is 13.0 Å². The summed E-state index contributed by atoms with van der Waals surface area (Å²) in [6, 6.07) is 0. The summed E-state index contributed by atoms with van der Waals surface area (Å²) in [7, 11) is 0. The highest BCUT2D eigenvalue weighted by molar-refractivity contribution is 6.00. The van der Waals surface area contributed by atoms with E-state index in [9.17, 15) is 9.59 Å². The third-order valence-electron chi connectivity index (χ3n) is 4.13. The highest BCUT2D eigenvalue weighted by atomic mass is 16.1. The fraction of sp³-hybridized carbons (Fsp3) is 0.850. The molecule has 0 rings (SSSR count). The Kier molecular flexibility index (Phi) is 11.3. The van der Waals surface area contributed by atoms with Gasteiger partial charge < -0.3 is 4.90 Å². The summed E-state index contributed by atoms with van der Waals surface area (Å²) in [5, 5.41) is 7.87. The highest BCUT2D eigenvalue weighted by Gasteiger charge is 2.11. The Morgan fingerprint density at radius 1 is 0.917 bits per heavy atom. The second-order valence-electron chi connectivity index (χ2n) is 6.74. The first-order valence-corrected chi connectivity index (χ1v) is 9.54. The van der Waals surface area contributed by atoms with E-state index in [2.05, 4.69) is 6.92 Å². The molecule has 0 aromatic rings. The molecule has 0 unspecified atom stereocenters. The molecule has 1 N–H and O–H groups in total. The number of amidine groups is 1. The predicted octanol–water partition coefficient (Wildman–Crippen LogP) is 5.14. The topological polar surface area (TPSA) is 61.2 Å². The Balaban J connectivity index is 3.84. The monoisotopic (exact) mass is 341 g/mol. The molecule has 0 aliphatic heterocycles. The standard InChI is InChI=1S/C20H38N2O2/c1-4-5-6-7-8-9-10-11-12-13-14-15-19(24)16-20(21)22(3)17-18(2)23/h21H,4-17H2,1-3H3/i3D3. The van der Waals surface area contributed by atoms with Gasteiger partial charge in [0.25, 0.3) is 0 Å². The van der Waals surface area contributed by atoms with Crippen LogP contribution in [0.1, 0.15) is 101 Å². The van der Waals surface area contributed by atoms with Crippen LogP contribution < -0.4 is 0 Å². The first-order chi connectivity index (χ1) is 12.7. The lowest BCUT2D eigenvalue weighted by Gasteiger charge is -2.17. The van der Waals surface area contributed by atoms with Crippen LogP contribution in [-0.2, 0) is 9.59 Å². The lowest BCUT2D eigenvalue weighted by Crippen LogP contribution is -2.31. The maximum atomic E-state index is 12.0. The van der Waals surface area contributed by atoms with E-state index in [0.29, 0.717) is 6.42 Å². The van der Waals surface area contributed by atoms with Crippen molar-refractivity contribution in [2.45, 2.75) is 97.3 Å². The normalized spacial score (nSPS) is 13.0. The van der Waals surface area contributed by atoms with Crippen LogP contribution in [0, 0.1) is 5.41 Å². The number of Topliss-reactive ketones (excluding diaryl/α,β-unsaturated/α-hetero) is 2. The molecule has 0 aliphatic carbocycles. The van der Waals surface area contributed by atoms with Crippen LogP contribution in [-0.4, -0.2) is 35.8 Å². The van der Waals surface area contributed by atoms with Crippen LogP contribution >= 0.6 is 0 Å². The van der Waals surface area contributed by atoms with Gasteiger partial charge in [0.1, 0.15) is 17.4 Å². The fourth-order valence-corrected chi connectivity index (χ4v) is 2.68. The van der Waals surface area contributed by atoms with Gasteiger partial charge in [0.15, 0.2) is 0 Å². The van der Waals surface area contributed by atoms with Crippen molar-refractivity contribution in [3.05, 3.63) is 0 Å². The number of unbranched alkanes of at least 4 members (excludes halogenated alkanes) is 10. The van der Waals surface area contributed by atoms with Crippen molar-refractivity contribution in [2.24, 2.45) is 0 Å². The molecule has 0 saturated carbocycles. The molecular formula is C20H38N2O2. The van der Waals surface area contributed by atoms with Gasteiger partial charge in [-0.25, -0.2) is 0 Å². The summed E-state index contributed by atoms with van der Waals surface area (Å²) < 4.78 is 22.2. The zero-order valence-electron chi connectivity index (χ0n) is 18.7. The second-order valence-corrected chi connectivity index (χ2v) is 6.74. The zero-order valence-corrected chi connectivity index (χ0v) is 15.7. The smallest absolute Gasteiger partial charge is 0.149 e. The van der Waals surface area contributed by atoms with Gasteiger partial charge in [0, 0.05) is 17.5 Å². The van der Waals surface area contributed by atoms with Crippen LogP contribution in [0.25, 0.3) is 0 Å². The molecule has 24 heavy (non-hydrogen) atoms. The van der Waals surface area contributed by atoms with Crippen molar-refractivity contribution in [1.82, 2.24) is 4.90 Å². The molecule has 4 heteroatoms. The van der Waals surface area contributed by atoms with Gasteiger partial charge >= 0.3 is 0 Å². The minimum atomic E-state index is -2.57. The fourth-order valence-electron chi connectivity index (χ4n) is 2.68. The summed E-state index contributed by atoms with van der Waals surface area (Å²) in [6.07, 6.45) is 13.4. The minimum absolute atomic E-state index is 0.131. The maximum Gasteiger partial charge on any atom is 0.149 e. The number of rotatable bonds is 16. The number of ketones is 2. The molecule has 0 bridgehead atoms. The van der Waals surface area contributed by atoms with Crippen LogP contribution in [0.3, 0.4) is 0 Å². The molecular weight excluding hydrogens is 300 g/mol. The van der Waals surface area contributed by atoms with Crippen molar-refractivity contribution in [3.63, 3.8) is 0 Å². The molecule has 0 saturated heterocycles. The van der Waals surface area contributed by atoms with Gasteiger partial charge in [-0.2, -0.15) is 0 Å². The van der Waals surface area contributed by atoms with Crippen molar-refractivity contribution in [3.8, 4) is 0 Å². The van der Waals surface area contributed by atoms with Crippen LogP contribution in [0.5, 0.6) is 0 Å². The SMILES string of the molecule is [2H]C([2H])([2H])N(CC(C)=O)C(=N)CC(=O)CCCCCCCCCCCCC. The molecule has 140 valence electrons. The van der Waals surface area contributed by atoms with E-state index in [1.54, 1.807) is 0 Å². The highest BCUT2D eigenvalue weighted by Crippen LogP contribution is 2.12. The number of hydrogen-bond donors (Lipinski definition) is 1. The molecule has 0 heterocycles. The van der Waals surface area contributed by atoms with Crippen molar-refractivity contribution < 1.29 is 13.7 Å². The Labute approximate surface area is 153 Å². The van der Waals surface area contributed by atoms with E-state index in [1.165, 1.54) is 58.3 Å². The molecule has 0 amide bonds. The van der Waals surface area contributed by atoms with E-state index in [-0.39, 0.29) is 30.4 Å². The van der Waals surface area contributed by atoms with Crippen LogP contribution in [0.2, 0.25) is 0 Å². The number of carbonyl (C=O) groups excluding carboxylic acids is 2. The Hall–Kier alpha value is -1.19. The summed E-state index contributed by atoms with van der Waals surface area (Å²) in [5.41, 5.74) is 0.